The molecule has 0 aliphatic heterocycles. The molecule has 0 unspecified atom stereocenters. The second-order valence-corrected chi connectivity index (χ2v) is 5.17. The first-order valence-corrected chi connectivity index (χ1v) is 7.81. The summed E-state index contributed by atoms with van der Waals surface area (Å²) in [6.45, 7) is 0.375. The van der Waals surface area contributed by atoms with Crippen LogP contribution >= 0.6 is 0 Å². The molecular weight excluding hydrogens is 336 g/mol. The van der Waals surface area contributed by atoms with Gasteiger partial charge in [-0.15, -0.1) is 0 Å². The molecule has 0 radical (unpaired) electrons. The van der Waals surface area contributed by atoms with Crippen molar-refractivity contribution in [3.8, 4) is 23.3 Å². The lowest BCUT2D eigenvalue weighted by Gasteiger charge is -2.07. The Morgan fingerprint density at radius 2 is 1.81 bits per heavy atom. The largest absolute Gasteiger partial charge is 0.493 e. The van der Waals surface area contributed by atoms with Gasteiger partial charge in [0.05, 0.1) is 25.0 Å². The Bertz CT molecular complexity index is 822. The number of ether oxygens (including phenoxy) is 2. The van der Waals surface area contributed by atoms with Crippen molar-refractivity contribution < 1.29 is 19.2 Å². The van der Waals surface area contributed by atoms with E-state index in [1.165, 1.54) is 12.1 Å². The summed E-state index contributed by atoms with van der Waals surface area (Å²) in [5.74, 6) is 6.63. The summed E-state index contributed by atoms with van der Waals surface area (Å²) < 4.78 is 10.7. The van der Waals surface area contributed by atoms with E-state index in [2.05, 4.69) is 17.2 Å². The Morgan fingerprint density at radius 3 is 2.46 bits per heavy atom. The second kappa shape index (κ2) is 9.69. The maximum atomic E-state index is 11.8. The zero-order valence-corrected chi connectivity index (χ0v) is 14.2. The number of nitrogens with zero attached hydrogens (tertiary/aromatic N) is 1. The number of benzene rings is 2. The van der Waals surface area contributed by atoms with E-state index in [0.29, 0.717) is 17.1 Å². The minimum absolute atomic E-state index is 0.00456. The van der Waals surface area contributed by atoms with Gasteiger partial charge in [0.2, 0.25) is 5.91 Å². The number of nitrogens with one attached hydrogen (secondary N) is 1. The number of rotatable bonds is 7. The number of amides is 1. The molecule has 1 amide bonds. The number of hydrogen-bond donors (Lipinski definition) is 1. The SMILES string of the molecule is COc1ccccc1OCC#CCNC(=O)Cc1ccc([N+](=O)[O-])cc1. The quantitative estimate of drug-likeness (QED) is 0.468. The van der Waals surface area contributed by atoms with Crippen LogP contribution in [0.5, 0.6) is 11.5 Å². The van der Waals surface area contributed by atoms with Crippen molar-refractivity contribution in [2.75, 3.05) is 20.3 Å². The van der Waals surface area contributed by atoms with Gasteiger partial charge in [-0.25, -0.2) is 0 Å². The lowest BCUT2D eigenvalue weighted by molar-refractivity contribution is -0.384. The molecular formula is C19H18N2O5. The first-order chi connectivity index (χ1) is 12.6. The molecule has 0 fully saturated rings. The van der Waals surface area contributed by atoms with E-state index in [1.54, 1.807) is 31.4 Å². The molecule has 0 aromatic heterocycles. The van der Waals surface area contributed by atoms with E-state index < -0.39 is 4.92 Å². The highest BCUT2D eigenvalue weighted by Gasteiger charge is 2.06. The lowest BCUT2D eigenvalue weighted by atomic mass is 10.1. The van der Waals surface area contributed by atoms with Crippen molar-refractivity contribution in [1.29, 1.82) is 0 Å². The van der Waals surface area contributed by atoms with Gasteiger partial charge in [-0.2, -0.15) is 0 Å². The molecule has 1 N–H and O–H groups in total. The number of non-ortho nitro benzene ring substituents is 1. The van der Waals surface area contributed by atoms with Gasteiger partial charge < -0.3 is 14.8 Å². The van der Waals surface area contributed by atoms with E-state index in [0.717, 1.165) is 0 Å². The van der Waals surface area contributed by atoms with Crippen molar-refractivity contribution >= 4 is 11.6 Å². The van der Waals surface area contributed by atoms with Crippen LogP contribution in [0.3, 0.4) is 0 Å². The van der Waals surface area contributed by atoms with E-state index in [9.17, 15) is 14.9 Å². The Labute approximate surface area is 151 Å². The molecule has 2 aromatic rings. The number of methoxy groups -OCH3 is 1. The average molecular weight is 354 g/mol. The average Bonchev–Trinajstić information content (AvgIpc) is 2.65. The Kier molecular flexibility index (Phi) is 7.01. The van der Waals surface area contributed by atoms with Crippen LogP contribution in [0.25, 0.3) is 0 Å². The molecule has 0 aliphatic rings. The second-order valence-electron chi connectivity index (χ2n) is 5.17. The minimum Gasteiger partial charge on any atom is -0.493 e. The van der Waals surface area contributed by atoms with Gasteiger partial charge >= 0.3 is 0 Å². The standard InChI is InChI=1S/C19H18N2O5/c1-25-17-6-2-3-7-18(17)26-13-5-4-12-20-19(22)14-15-8-10-16(11-9-15)21(23)24/h2-3,6-11H,12-14H2,1H3,(H,20,22). The molecule has 0 atom stereocenters. The van der Waals surface area contributed by atoms with Crippen molar-refractivity contribution in [1.82, 2.24) is 5.32 Å². The third-order valence-corrected chi connectivity index (χ3v) is 3.38. The van der Waals surface area contributed by atoms with Crippen LogP contribution in [0.2, 0.25) is 0 Å². The Morgan fingerprint density at radius 1 is 1.12 bits per heavy atom. The van der Waals surface area contributed by atoms with Gasteiger partial charge in [0.1, 0.15) is 6.61 Å². The number of carbonyl (C=O) groups excluding carboxylic acids is 1. The fraction of sp³-hybridized carbons (Fsp3) is 0.211. The maximum Gasteiger partial charge on any atom is 0.269 e. The smallest absolute Gasteiger partial charge is 0.269 e. The molecule has 0 spiro atoms. The predicted molar refractivity (Wildman–Crippen MR) is 96.1 cm³/mol. The fourth-order valence-corrected chi connectivity index (χ4v) is 2.09. The van der Waals surface area contributed by atoms with Gasteiger partial charge in [0.15, 0.2) is 11.5 Å². The first-order valence-electron chi connectivity index (χ1n) is 7.81. The number of nitro benzene ring substituents is 1. The van der Waals surface area contributed by atoms with E-state index in [-0.39, 0.29) is 31.2 Å². The molecule has 2 aromatic carbocycles. The number of hydrogen-bond acceptors (Lipinski definition) is 5. The zero-order valence-electron chi connectivity index (χ0n) is 14.2. The molecule has 7 nitrogen and oxygen atoms in total. The highest BCUT2D eigenvalue weighted by Crippen LogP contribution is 2.25. The van der Waals surface area contributed by atoms with Crippen molar-refractivity contribution in [2.24, 2.45) is 0 Å². The molecule has 2 rings (SSSR count). The molecule has 0 heterocycles. The summed E-state index contributed by atoms with van der Waals surface area (Å²) in [5, 5.41) is 13.2. The molecule has 0 bridgehead atoms. The summed E-state index contributed by atoms with van der Waals surface area (Å²) in [6.07, 6.45) is 0.136. The van der Waals surface area contributed by atoms with Crippen LogP contribution in [0.1, 0.15) is 5.56 Å². The van der Waals surface area contributed by atoms with Crippen molar-refractivity contribution in [3.05, 3.63) is 64.2 Å². The van der Waals surface area contributed by atoms with Gasteiger partial charge in [-0.05, 0) is 17.7 Å². The van der Waals surface area contributed by atoms with Crippen LogP contribution in [-0.2, 0) is 11.2 Å². The first kappa shape index (κ1) is 18.8. The monoisotopic (exact) mass is 354 g/mol. The van der Waals surface area contributed by atoms with E-state index in [4.69, 9.17) is 9.47 Å². The molecule has 0 saturated carbocycles. The molecule has 0 saturated heterocycles. The van der Waals surface area contributed by atoms with Gasteiger partial charge in [0, 0.05) is 12.1 Å². The molecule has 0 aliphatic carbocycles. The molecule has 26 heavy (non-hydrogen) atoms. The third kappa shape index (κ3) is 5.83. The third-order valence-electron chi connectivity index (χ3n) is 3.38. The number of nitro groups is 1. The van der Waals surface area contributed by atoms with Crippen LogP contribution < -0.4 is 14.8 Å². The van der Waals surface area contributed by atoms with Gasteiger partial charge in [-0.1, -0.05) is 36.1 Å². The lowest BCUT2D eigenvalue weighted by Crippen LogP contribution is -2.25. The van der Waals surface area contributed by atoms with E-state index >= 15 is 0 Å². The van der Waals surface area contributed by atoms with Gasteiger partial charge in [0.25, 0.3) is 5.69 Å². The summed E-state index contributed by atoms with van der Waals surface area (Å²) in [7, 11) is 1.56. The normalized spacial score (nSPS) is 9.58. The van der Waals surface area contributed by atoms with Gasteiger partial charge in [-0.3, -0.25) is 14.9 Å². The Hall–Kier alpha value is -3.53. The maximum absolute atomic E-state index is 11.8. The Balaban J connectivity index is 1.71. The summed E-state index contributed by atoms with van der Waals surface area (Å²) in [5.41, 5.74) is 0.690. The topological polar surface area (TPSA) is 90.7 Å². The van der Waals surface area contributed by atoms with Crippen molar-refractivity contribution in [2.45, 2.75) is 6.42 Å². The zero-order chi connectivity index (χ0) is 18.8. The molecule has 134 valence electrons. The van der Waals surface area contributed by atoms with Crippen LogP contribution in [0.15, 0.2) is 48.5 Å². The highest BCUT2D eigenvalue weighted by molar-refractivity contribution is 5.78. The summed E-state index contributed by atoms with van der Waals surface area (Å²) >= 11 is 0. The number of carbonyl (C=O) groups is 1. The van der Waals surface area contributed by atoms with Crippen LogP contribution in [-0.4, -0.2) is 31.1 Å². The molecule has 7 heteroatoms. The summed E-state index contributed by atoms with van der Waals surface area (Å²) in [4.78, 5) is 21.9. The predicted octanol–water partition coefficient (Wildman–Crippen LogP) is 2.34. The minimum atomic E-state index is -0.480. The fourth-order valence-electron chi connectivity index (χ4n) is 2.09. The van der Waals surface area contributed by atoms with Crippen LogP contribution in [0.4, 0.5) is 5.69 Å². The van der Waals surface area contributed by atoms with E-state index in [1.807, 2.05) is 12.1 Å². The summed E-state index contributed by atoms with van der Waals surface area (Å²) in [6, 6.07) is 13.1. The van der Waals surface area contributed by atoms with Crippen LogP contribution in [0, 0.1) is 22.0 Å². The number of para-hydroxylation sites is 2. The highest BCUT2D eigenvalue weighted by atomic mass is 16.6. The van der Waals surface area contributed by atoms with Crippen molar-refractivity contribution in [3.63, 3.8) is 0 Å².